The fraction of sp³-hybridized carbons (Fsp3) is 0.458. The van der Waals surface area contributed by atoms with E-state index in [1.54, 1.807) is 0 Å². The van der Waals surface area contributed by atoms with Gasteiger partial charge in [-0.15, -0.1) is 0 Å². The van der Waals surface area contributed by atoms with Crippen LogP contribution in [0.1, 0.15) is 104 Å². The third-order valence-corrected chi connectivity index (χ3v) is 13.8. The van der Waals surface area contributed by atoms with Gasteiger partial charge in [0, 0.05) is 61.7 Å². The van der Waals surface area contributed by atoms with Crippen molar-refractivity contribution in [1.29, 1.82) is 0 Å². The minimum atomic E-state index is -1.06. The van der Waals surface area contributed by atoms with Crippen LogP contribution in [0.3, 0.4) is 0 Å². The number of aryl methyl sites for hydroxylation is 1. The molecule has 5 aliphatic heterocycles. The van der Waals surface area contributed by atoms with E-state index in [0.717, 1.165) is 71.3 Å². The number of benzene rings is 2. The lowest BCUT2D eigenvalue weighted by Gasteiger charge is -2.40. The van der Waals surface area contributed by atoms with Gasteiger partial charge in [-0.25, -0.2) is 0 Å². The number of nitrogens with one attached hydrogen (secondary N) is 1. The number of aliphatic imine (C=N–C) groups is 1. The zero-order chi connectivity index (χ0) is 39.7. The number of carbonyl (C=O) groups is 1. The molecule has 0 saturated heterocycles. The Bertz CT molecular complexity index is 2330. The third-order valence-electron chi connectivity index (χ3n) is 13.8. The van der Waals surface area contributed by atoms with Crippen LogP contribution in [0.25, 0.3) is 0 Å². The zero-order valence-corrected chi connectivity index (χ0v) is 32.7. The highest BCUT2D eigenvalue weighted by Gasteiger charge is 2.49. The van der Waals surface area contributed by atoms with Crippen molar-refractivity contribution in [2.24, 2.45) is 33.9 Å². The second-order valence-corrected chi connectivity index (χ2v) is 17.5. The Kier molecular flexibility index (Phi) is 9.47. The molecule has 1 fully saturated rings. The second kappa shape index (κ2) is 14.7. The number of ether oxygens (including phenoxy) is 2. The highest BCUT2D eigenvalue weighted by Crippen LogP contribution is 2.51. The molecule has 10 atom stereocenters. The lowest BCUT2D eigenvalue weighted by Crippen LogP contribution is -2.47. The normalized spacial score (nSPS) is 32.3. The molecule has 0 radical (unpaired) electrons. The van der Waals surface area contributed by atoms with E-state index >= 15 is 0 Å². The summed E-state index contributed by atoms with van der Waals surface area (Å²) in [7, 11) is 0. The molecule has 2 bridgehead atoms. The number of fused-ring (bicyclic) bond motifs is 6. The van der Waals surface area contributed by atoms with Gasteiger partial charge in [0.2, 0.25) is 0 Å². The number of hydrogen-bond donors (Lipinski definition) is 5. The van der Waals surface area contributed by atoms with Gasteiger partial charge in [0.1, 0.15) is 18.0 Å². The Hall–Kier alpha value is -4.94. The molecule has 3 aliphatic carbocycles. The lowest BCUT2D eigenvalue weighted by atomic mass is 9.71. The summed E-state index contributed by atoms with van der Waals surface area (Å²) < 4.78 is 13.3. The average molecular weight is 779 g/mol. The Balaban J connectivity index is 1.01. The van der Waals surface area contributed by atoms with E-state index < -0.39 is 41.8 Å². The number of hydrogen-bond acceptors (Lipinski definition) is 10. The monoisotopic (exact) mass is 778 g/mol. The smallest absolute Gasteiger partial charge is 0.187 e. The van der Waals surface area contributed by atoms with Crippen molar-refractivity contribution in [3.63, 3.8) is 0 Å². The standard InChI is InChI=1S/C48H50N4O6/c1-27-4-9-32(40(55)20-27)41(56)22-30(53)8-5-28-6-15-42-43(21-28)58-47-37(48(18-19-57-42)16-2-3-17-48)13-14-39(54)33-11-12-34-44-29(23-51-46(34)49)7-10-31(45(33)44)35-24-50-38-26-52(47)25-36(35)38/h4,6-7,9-12,15,21,24,26-27,29,31-32,37,39-41,46-47,51,54-56H,2-3,5,8,16-17,20,22-23,25,49H2,1H3/t27-,29-,31+,32+,37+,39+,40+,41-,46+,47-/m0/s1. The van der Waals surface area contributed by atoms with Crippen molar-refractivity contribution in [2.75, 3.05) is 13.1 Å². The van der Waals surface area contributed by atoms with Crippen LogP contribution in [0.2, 0.25) is 0 Å². The third kappa shape index (κ3) is 6.43. The van der Waals surface area contributed by atoms with Crippen LogP contribution >= 0.6 is 0 Å². The van der Waals surface area contributed by atoms with Gasteiger partial charge in [-0.1, -0.05) is 80.0 Å². The summed E-state index contributed by atoms with van der Waals surface area (Å²) in [6.07, 6.45) is 16.8. The minimum Gasteiger partial charge on any atom is -0.465 e. The second-order valence-electron chi connectivity index (χ2n) is 17.5. The fourth-order valence-corrected chi connectivity index (χ4v) is 10.7. The van der Waals surface area contributed by atoms with Gasteiger partial charge in [0.25, 0.3) is 0 Å². The largest absolute Gasteiger partial charge is 0.465 e. The number of rotatable bonds is 6. The molecule has 2 aromatic rings. The quantitative estimate of drug-likeness (QED) is 0.194. The first kappa shape index (κ1) is 37.3. The molecular formula is C48H50N4O6. The molecular weight excluding hydrogens is 729 g/mol. The number of aliphatic hydroxyl groups excluding tert-OH is 3. The zero-order valence-electron chi connectivity index (χ0n) is 32.7. The first-order valence-corrected chi connectivity index (χ1v) is 21.0. The molecule has 6 N–H and O–H groups in total. The van der Waals surface area contributed by atoms with Crippen LogP contribution in [0, 0.1) is 47.0 Å². The van der Waals surface area contributed by atoms with E-state index in [9.17, 15) is 20.1 Å². The molecule has 298 valence electrons. The molecule has 8 aliphatic rings. The molecule has 0 amide bonds. The van der Waals surface area contributed by atoms with Gasteiger partial charge in [-0.3, -0.25) is 15.1 Å². The predicted octanol–water partition coefficient (Wildman–Crippen LogP) is 5.33. The maximum Gasteiger partial charge on any atom is 0.187 e. The SMILES string of the molecule is C[C@H]1C=C[C@@H]([C@@H](O)CC(=O)CCc2ccc3c(c2)O[C@H]2[C@@H](C#C[C@@H](O)c4ccc5c6c4[C@H](C=C[C@H]6CN[C@H]5N)C4=C5CN2C=C5N=C4)C2(C#CO3)CCCC2)[C@H](O)C1. The van der Waals surface area contributed by atoms with E-state index in [-0.39, 0.29) is 42.5 Å². The van der Waals surface area contributed by atoms with Crippen molar-refractivity contribution >= 4 is 12.0 Å². The molecule has 1 saturated carbocycles. The summed E-state index contributed by atoms with van der Waals surface area (Å²) in [5.41, 5.74) is 14.2. The lowest BCUT2D eigenvalue weighted by molar-refractivity contribution is -0.122. The van der Waals surface area contributed by atoms with E-state index in [2.05, 4.69) is 52.4 Å². The number of allylic oxidation sites excluding steroid dienone is 3. The Morgan fingerprint density at radius 1 is 1.07 bits per heavy atom. The summed E-state index contributed by atoms with van der Waals surface area (Å²) in [5.74, 6) is 10.8. The van der Waals surface area contributed by atoms with Gasteiger partial charge in [0.05, 0.1) is 35.4 Å². The van der Waals surface area contributed by atoms with Gasteiger partial charge in [-0.05, 0) is 77.1 Å². The maximum absolute atomic E-state index is 13.2. The van der Waals surface area contributed by atoms with Crippen molar-refractivity contribution < 1.29 is 29.6 Å². The molecule has 58 heavy (non-hydrogen) atoms. The molecule has 2 aromatic carbocycles. The average Bonchev–Trinajstić information content (AvgIpc) is 3.96. The highest BCUT2D eigenvalue weighted by atomic mass is 16.5. The van der Waals surface area contributed by atoms with Crippen molar-refractivity contribution in [3.8, 4) is 35.4 Å². The fourth-order valence-electron chi connectivity index (χ4n) is 10.7. The van der Waals surface area contributed by atoms with Gasteiger partial charge < -0.3 is 35.4 Å². The minimum absolute atomic E-state index is 0.0180. The molecule has 0 unspecified atom stereocenters. The van der Waals surface area contributed by atoms with Crippen LogP contribution in [-0.2, 0) is 11.2 Å². The molecule has 10 rings (SSSR count). The Morgan fingerprint density at radius 3 is 2.76 bits per heavy atom. The summed E-state index contributed by atoms with van der Waals surface area (Å²) in [5, 5.41) is 37.0. The Morgan fingerprint density at radius 2 is 1.91 bits per heavy atom. The van der Waals surface area contributed by atoms with Gasteiger partial charge in [-0.2, -0.15) is 0 Å². The summed E-state index contributed by atoms with van der Waals surface area (Å²) in [4.78, 5) is 20.3. The van der Waals surface area contributed by atoms with Crippen LogP contribution in [0.4, 0.5) is 0 Å². The van der Waals surface area contributed by atoms with Crippen molar-refractivity contribution in [3.05, 3.63) is 105 Å². The number of carbonyl (C=O) groups excluding carboxylic acids is 1. The van der Waals surface area contributed by atoms with Gasteiger partial charge in [0.15, 0.2) is 17.7 Å². The molecule has 1 spiro atoms. The first-order valence-electron chi connectivity index (χ1n) is 21.0. The summed E-state index contributed by atoms with van der Waals surface area (Å²) >= 11 is 0. The van der Waals surface area contributed by atoms with Crippen molar-refractivity contribution in [2.45, 2.75) is 101 Å². The Labute approximate surface area is 339 Å². The molecule has 0 aromatic heterocycles. The van der Waals surface area contributed by atoms with E-state index in [1.165, 1.54) is 5.56 Å². The predicted molar refractivity (Wildman–Crippen MR) is 219 cm³/mol. The van der Waals surface area contributed by atoms with Crippen LogP contribution in [-0.4, -0.2) is 63.7 Å². The number of Topliss-reactive ketones (excluding diaryl/α,β-unsaturated/α-hetero) is 1. The van der Waals surface area contributed by atoms with E-state index in [4.69, 9.17) is 20.2 Å². The van der Waals surface area contributed by atoms with Crippen LogP contribution < -0.4 is 20.5 Å². The molecule has 10 nitrogen and oxygen atoms in total. The summed E-state index contributed by atoms with van der Waals surface area (Å²) in [6.45, 7) is 3.32. The maximum atomic E-state index is 13.2. The van der Waals surface area contributed by atoms with E-state index in [0.29, 0.717) is 30.9 Å². The number of nitrogens with zero attached hydrogens (tertiary/aromatic N) is 2. The van der Waals surface area contributed by atoms with Gasteiger partial charge >= 0.3 is 0 Å². The van der Waals surface area contributed by atoms with Crippen molar-refractivity contribution in [1.82, 2.24) is 10.2 Å². The molecule has 5 heterocycles. The first-order chi connectivity index (χ1) is 28.2. The van der Waals surface area contributed by atoms with Crippen LogP contribution in [0.15, 0.2) is 82.7 Å². The van der Waals surface area contributed by atoms with Crippen LogP contribution in [0.5, 0.6) is 11.5 Å². The highest BCUT2D eigenvalue weighted by molar-refractivity contribution is 5.90. The molecule has 10 heteroatoms. The summed E-state index contributed by atoms with van der Waals surface area (Å²) in [6, 6.07) is 9.74. The number of nitrogens with two attached hydrogens (primary N) is 1. The topological polar surface area (TPSA) is 150 Å². The number of aliphatic hydroxyl groups is 3. The number of ketones is 1. The van der Waals surface area contributed by atoms with E-state index in [1.807, 2.05) is 55.6 Å².